The number of benzene rings is 4. The molecule has 0 amide bonds. The highest BCUT2D eigenvalue weighted by Crippen LogP contribution is 2.38. The summed E-state index contributed by atoms with van der Waals surface area (Å²) in [7, 11) is -0.341. The fraction of sp³-hybridized carbons (Fsp3) is 0. The normalized spacial score (nSPS) is 11.5. The molecule has 3 nitrogen and oxygen atoms in total. The Hall–Kier alpha value is -2.98. The van der Waals surface area contributed by atoms with Crippen molar-refractivity contribution in [3.8, 4) is 5.75 Å². The van der Waals surface area contributed by atoms with Crippen LogP contribution in [0.4, 0.5) is 0 Å². The molecule has 0 radical (unpaired) electrons. The van der Waals surface area contributed by atoms with Crippen LogP contribution in [0.1, 0.15) is 0 Å². The average molecular weight is 312 g/mol. The summed E-state index contributed by atoms with van der Waals surface area (Å²) in [5.41, 5.74) is 1.73. The second-order valence-electron chi connectivity index (χ2n) is 5.86. The predicted molar refractivity (Wildman–Crippen MR) is 98.7 cm³/mol. The maximum atomic E-state index is 8.99. The van der Waals surface area contributed by atoms with Crippen molar-refractivity contribution in [1.82, 2.24) is 0 Å². The zero-order chi connectivity index (χ0) is 16.1. The van der Waals surface area contributed by atoms with E-state index in [2.05, 4.69) is 36.4 Å². The third kappa shape index (κ3) is 1.84. The van der Waals surface area contributed by atoms with Gasteiger partial charge in [0.05, 0.1) is 0 Å². The highest BCUT2D eigenvalue weighted by atomic mass is 16.5. The molecule has 4 aromatic carbocycles. The predicted octanol–water partition coefficient (Wildman–Crippen LogP) is 4.53. The zero-order valence-corrected chi connectivity index (χ0v) is 12.8. The number of fused-ring (bicyclic) bond motifs is 7. The summed E-state index contributed by atoms with van der Waals surface area (Å²) in [6, 6.07) is 22.4. The van der Waals surface area contributed by atoms with Crippen molar-refractivity contribution in [2.24, 2.45) is 0 Å². The van der Waals surface area contributed by atoms with Gasteiger partial charge in [0.1, 0.15) is 16.9 Å². The molecule has 0 aliphatic carbocycles. The highest BCUT2D eigenvalue weighted by Gasteiger charge is 2.13. The van der Waals surface area contributed by atoms with Crippen LogP contribution >= 0.6 is 0 Å². The van der Waals surface area contributed by atoms with Crippen molar-refractivity contribution < 1.29 is 14.1 Å². The van der Waals surface area contributed by atoms with E-state index in [9.17, 15) is 0 Å². The molecular weight excluding hydrogens is 299 g/mol. The Morgan fingerprint density at radius 3 is 2.50 bits per heavy atom. The van der Waals surface area contributed by atoms with Crippen molar-refractivity contribution in [1.29, 1.82) is 0 Å². The first kappa shape index (κ1) is 13.5. The lowest BCUT2D eigenvalue weighted by Gasteiger charge is -2.04. The van der Waals surface area contributed by atoms with Gasteiger partial charge in [-0.05, 0) is 40.4 Å². The molecule has 5 rings (SSSR count). The number of rotatable bonds is 2. The first-order valence-corrected chi connectivity index (χ1v) is 7.85. The summed E-state index contributed by atoms with van der Waals surface area (Å²) < 4.78 is 11.4. The van der Waals surface area contributed by atoms with Crippen molar-refractivity contribution >= 4 is 51.2 Å². The van der Waals surface area contributed by atoms with Gasteiger partial charge in [0, 0.05) is 16.2 Å². The SMILES string of the molecule is OBOc1ccc2ccc3c(oc4ccc5ccccc5c43)c2c1. The summed E-state index contributed by atoms with van der Waals surface area (Å²) >= 11 is 0. The van der Waals surface area contributed by atoms with E-state index in [0.29, 0.717) is 5.75 Å². The second-order valence-corrected chi connectivity index (χ2v) is 5.86. The molecule has 0 spiro atoms. The number of hydrogen-bond acceptors (Lipinski definition) is 3. The summed E-state index contributed by atoms with van der Waals surface area (Å²) in [5, 5.41) is 15.7. The fourth-order valence-electron chi connectivity index (χ4n) is 3.47. The summed E-state index contributed by atoms with van der Waals surface area (Å²) in [5.74, 6) is 0.628. The number of furan rings is 1. The largest absolute Gasteiger partial charge is 0.539 e. The van der Waals surface area contributed by atoms with Crippen LogP contribution in [-0.2, 0) is 0 Å². The second kappa shape index (κ2) is 5.01. The third-order valence-corrected chi connectivity index (χ3v) is 4.55. The molecule has 0 saturated carbocycles. The molecular formula is C20H13BO3. The van der Waals surface area contributed by atoms with Gasteiger partial charge in [-0.2, -0.15) is 0 Å². The summed E-state index contributed by atoms with van der Waals surface area (Å²) in [4.78, 5) is 0. The van der Waals surface area contributed by atoms with Crippen molar-refractivity contribution in [2.75, 3.05) is 0 Å². The molecule has 114 valence electrons. The molecule has 0 atom stereocenters. The third-order valence-electron chi connectivity index (χ3n) is 4.55. The van der Waals surface area contributed by atoms with Gasteiger partial charge >= 0.3 is 7.69 Å². The highest BCUT2D eigenvalue weighted by molar-refractivity contribution is 6.23. The van der Waals surface area contributed by atoms with Crippen LogP contribution in [0.3, 0.4) is 0 Å². The summed E-state index contributed by atoms with van der Waals surface area (Å²) in [6.07, 6.45) is 0. The smallest absolute Gasteiger partial charge is 0.504 e. The van der Waals surface area contributed by atoms with Gasteiger partial charge in [-0.15, -0.1) is 0 Å². The van der Waals surface area contributed by atoms with Crippen LogP contribution in [0.2, 0.25) is 0 Å². The van der Waals surface area contributed by atoms with E-state index in [1.165, 1.54) is 10.8 Å². The van der Waals surface area contributed by atoms with Gasteiger partial charge in [0.15, 0.2) is 0 Å². The first-order valence-electron chi connectivity index (χ1n) is 7.85. The average Bonchev–Trinajstić information content (AvgIpc) is 3.01. The van der Waals surface area contributed by atoms with Gasteiger partial charge in [0.25, 0.3) is 0 Å². The van der Waals surface area contributed by atoms with Crippen LogP contribution in [0, 0.1) is 0 Å². The van der Waals surface area contributed by atoms with Gasteiger partial charge in [0.2, 0.25) is 0 Å². The van der Waals surface area contributed by atoms with Crippen LogP contribution in [0.5, 0.6) is 5.75 Å². The standard InChI is InChI=1S/C20H13BO3/c22-21-24-14-8-5-13-6-9-16-19-15-4-2-1-3-12(15)7-10-18(19)23-20(16)17(13)11-14/h1-11,21-22H. The molecule has 24 heavy (non-hydrogen) atoms. The van der Waals surface area contributed by atoms with E-state index < -0.39 is 0 Å². The zero-order valence-electron chi connectivity index (χ0n) is 12.8. The lowest BCUT2D eigenvalue weighted by atomic mass is 10.0. The van der Waals surface area contributed by atoms with E-state index in [-0.39, 0.29) is 7.69 Å². The minimum absolute atomic E-state index is 0.341. The van der Waals surface area contributed by atoms with Crippen molar-refractivity contribution in [2.45, 2.75) is 0 Å². The molecule has 0 bridgehead atoms. The lowest BCUT2D eigenvalue weighted by molar-refractivity contribution is 0.454. The van der Waals surface area contributed by atoms with E-state index in [1.807, 2.05) is 30.3 Å². The van der Waals surface area contributed by atoms with E-state index in [4.69, 9.17) is 14.1 Å². The lowest BCUT2D eigenvalue weighted by Crippen LogP contribution is -1.99. The molecule has 0 aliphatic heterocycles. The molecule has 0 unspecified atom stereocenters. The van der Waals surface area contributed by atoms with Gasteiger partial charge in [-0.1, -0.05) is 42.5 Å². The van der Waals surface area contributed by atoms with Gasteiger partial charge in [-0.3, -0.25) is 0 Å². The van der Waals surface area contributed by atoms with E-state index >= 15 is 0 Å². The Balaban J connectivity index is 1.96. The van der Waals surface area contributed by atoms with Gasteiger partial charge in [-0.25, -0.2) is 0 Å². The minimum atomic E-state index is -0.341. The Morgan fingerprint density at radius 2 is 1.58 bits per heavy atom. The topological polar surface area (TPSA) is 42.6 Å². The maximum Gasteiger partial charge on any atom is 0.504 e. The monoisotopic (exact) mass is 312 g/mol. The Morgan fingerprint density at radius 1 is 0.792 bits per heavy atom. The molecule has 0 fully saturated rings. The van der Waals surface area contributed by atoms with E-state index in [1.54, 1.807) is 0 Å². The van der Waals surface area contributed by atoms with Crippen LogP contribution in [-0.4, -0.2) is 12.7 Å². The van der Waals surface area contributed by atoms with Crippen LogP contribution in [0.15, 0.2) is 71.1 Å². The molecule has 1 heterocycles. The molecule has 5 aromatic rings. The summed E-state index contributed by atoms with van der Waals surface area (Å²) in [6.45, 7) is 0. The molecule has 0 saturated heterocycles. The quantitative estimate of drug-likeness (QED) is 0.487. The van der Waals surface area contributed by atoms with Crippen LogP contribution < -0.4 is 4.65 Å². The van der Waals surface area contributed by atoms with E-state index in [0.717, 1.165) is 32.7 Å². The molecule has 0 aliphatic rings. The number of hydrogen-bond donors (Lipinski definition) is 1. The molecule has 4 heteroatoms. The Kier molecular flexibility index (Phi) is 2.81. The van der Waals surface area contributed by atoms with Gasteiger partial charge < -0.3 is 14.1 Å². The first-order chi connectivity index (χ1) is 11.8. The fourth-order valence-corrected chi connectivity index (χ4v) is 3.47. The van der Waals surface area contributed by atoms with Crippen LogP contribution in [0.25, 0.3) is 43.5 Å². The Bertz CT molecular complexity index is 1220. The Labute approximate surface area is 138 Å². The van der Waals surface area contributed by atoms with Crippen molar-refractivity contribution in [3.63, 3.8) is 0 Å². The maximum absolute atomic E-state index is 8.99. The molecule has 1 N–H and O–H groups in total. The molecule has 1 aromatic heterocycles. The minimum Gasteiger partial charge on any atom is -0.539 e. The van der Waals surface area contributed by atoms with Crippen molar-refractivity contribution in [3.05, 3.63) is 66.7 Å².